The van der Waals surface area contributed by atoms with E-state index in [0.717, 1.165) is 11.6 Å². The first kappa shape index (κ1) is 2.20. The molecular weight excluding hydrogens is 92.1 g/mol. The van der Waals surface area contributed by atoms with Crippen LogP contribution in [0.2, 0.25) is 0 Å². The second-order valence-corrected chi connectivity index (χ2v) is 1.62. The van der Waals surface area contributed by atoms with Crippen molar-refractivity contribution in [2.45, 2.75) is 0 Å². The summed E-state index contributed by atoms with van der Waals surface area (Å²) in [5.74, 6) is 2.04. The molecule has 0 amide bonds. The predicted molar refractivity (Wildman–Crippen MR) is 21.6 cm³/mol. The Labute approximate surface area is 38.8 Å². The SMILES string of the molecule is n1nc2c3c(n1)N23. The molecule has 2 bridgehead atoms. The van der Waals surface area contributed by atoms with Crippen molar-refractivity contribution in [2.24, 2.45) is 0 Å². The molecule has 0 aliphatic carbocycles. The van der Waals surface area contributed by atoms with Crippen LogP contribution in [0.5, 0.6) is 0 Å². The van der Waals surface area contributed by atoms with Gasteiger partial charge in [-0.2, -0.15) is 0 Å². The molecule has 0 saturated carbocycles. The molecular formula is C3N4. The fourth-order valence-electron chi connectivity index (χ4n) is 0.750. The summed E-state index contributed by atoms with van der Waals surface area (Å²) in [5, 5.41) is 10.8. The highest BCUT2D eigenvalue weighted by atomic mass is 15.6. The monoisotopic (exact) mass is 92.0 g/mol. The quantitative estimate of drug-likeness (QED) is 0.365. The number of aromatic nitrogens is 3. The number of nitrogens with zero attached hydrogens (tertiary/aromatic N) is 4. The van der Waals surface area contributed by atoms with Gasteiger partial charge in [-0.25, -0.2) is 0 Å². The maximum Gasteiger partial charge on any atom is 0.191 e. The van der Waals surface area contributed by atoms with Gasteiger partial charge in [0.15, 0.2) is 11.6 Å². The summed E-state index contributed by atoms with van der Waals surface area (Å²) in [6.07, 6.45) is 0. The van der Waals surface area contributed by atoms with Gasteiger partial charge in [0.25, 0.3) is 0 Å². The Hall–Kier alpha value is -1.19. The summed E-state index contributed by atoms with van der Waals surface area (Å²) in [7, 11) is 0. The van der Waals surface area contributed by atoms with Gasteiger partial charge in [0.05, 0.1) is 0 Å². The van der Waals surface area contributed by atoms with E-state index < -0.39 is 0 Å². The lowest BCUT2D eigenvalue weighted by molar-refractivity contribution is 0.878. The van der Waals surface area contributed by atoms with Crippen molar-refractivity contribution < 1.29 is 0 Å². The minimum absolute atomic E-state index is 1.02. The van der Waals surface area contributed by atoms with Crippen LogP contribution in [0.15, 0.2) is 0 Å². The van der Waals surface area contributed by atoms with Crippen LogP contribution in [0.3, 0.4) is 0 Å². The van der Waals surface area contributed by atoms with Crippen LogP contribution >= 0.6 is 0 Å². The lowest BCUT2D eigenvalue weighted by Crippen LogP contribution is -1.88. The molecule has 4 rings (SSSR count). The number of hydrogen-bond acceptors (Lipinski definition) is 4. The predicted octanol–water partition coefficient (Wildman–Crippen LogP) is -0.0318. The first-order chi connectivity index (χ1) is 3.48. The molecule has 4 heteroatoms. The van der Waals surface area contributed by atoms with Crippen molar-refractivity contribution in [1.82, 2.24) is 15.4 Å². The Bertz CT molecular complexity index is 224. The summed E-state index contributed by atoms with van der Waals surface area (Å²) in [4.78, 5) is 1.97. The lowest BCUT2D eigenvalue weighted by atomic mass is 10.7. The Morgan fingerprint density at radius 2 is 1.71 bits per heavy atom. The highest BCUT2D eigenvalue weighted by molar-refractivity contribution is 6.20. The largest absolute Gasteiger partial charge is 0.265 e. The second kappa shape index (κ2) is 0.366. The summed E-state index contributed by atoms with van der Waals surface area (Å²) in [6.45, 7) is 0. The van der Waals surface area contributed by atoms with E-state index in [0.29, 0.717) is 0 Å². The fraction of sp³-hybridized carbons (Fsp3) is 0. The molecule has 3 aliphatic rings. The fourth-order valence-corrected chi connectivity index (χ4v) is 0.750. The lowest BCUT2D eigenvalue weighted by Gasteiger charge is -1.82. The van der Waals surface area contributed by atoms with Gasteiger partial charge in [-0.3, -0.25) is 4.90 Å². The van der Waals surface area contributed by atoms with E-state index in [1.807, 2.05) is 4.90 Å². The van der Waals surface area contributed by atoms with Gasteiger partial charge in [-0.05, 0) is 5.21 Å². The standard InChI is InChI=1S/C3N4/c4-2-1-3(5-6-4)7(1)2. The first-order valence-electron chi connectivity index (χ1n) is 2.02. The molecule has 0 saturated heterocycles. The third-order valence-electron chi connectivity index (χ3n) is 1.25. The van der Waals surface area contributed by atoms with E-state index in [1.54, 1.807) is 0 Å². The second-order valence-electron chi connectivity index (χ2n) is 1.62. The van der Waals surface area contributed by atoms with Crippen LogP contribution in [0.25, 0.3) is 0 Å². The minimum Gasteiger partial charge on any atom is -0.265 e. The van der Waals surface area contributed by atoms with Crippen molar-refractivity contribution >= 4 is 17.3 Å². The van der Waals surface area contributed by atoms with Crippen LogP contribution in [-0.4, -0.2) is 15.4 Å². The molecule has 3 aliphatic heterocycles. The molecule has 0 unspecified atom stereocenters. The van der Waals surface area contributed by atoms with Gasteiger partial charge < -0.3 is 0 Å². The number of rotatable bonds is 0. The van der Waals surface area contributed by atoms with E-state index in [1.165, 1.54) is 5.69 Å². The summed E-state index contributed by atoms with van der Waals surface area (Å²) in [5.41, 5.74) is 1.20. The molecule has 0 fully saturated rings. The highest BCUT2D eigenvalue weighted by Gasteiger charge is 2.55. The molecule has 4 heterocycles. The van der Waals surface area contributed by atoms with Gasteiger partial charge in [-0.15, -0.1) is 10.2 Å². The summed E-state index contributed by atoms with van der Waals surface area (Å²) >= 11 is 0. The first-order valence-corrected chi connectivity index (χ1v) is 2.02. The Morgan fingerprint density at radius 1 is 1.14 bits per heavy atom. The smallest absolute Gasteiger partial charge is 0.191 e. The third-order valence-corrected chi connectivity index (χ3v) is 1.25. The molecule has 0 radical (unpaired) electrons. The Morgan fingerprint density at radius 3 is 2.00 bits per heavy atom. The van der Waals surface area contributed by atoms with Crippen LogP contribution < -0.4 is 4.90 Å². The highest BCUT2D eigenvalue weighted by Crippen LogP contribution is 2.70. The van der Waals surface area contributed by atoms with Gasteiger partial charge in [0.1, 0.15) is 5.69 Å². The van der Waals surface area contributed by atoms with E-state index >= 15 is 0 Å². The molecule has 0 N–H and O–H groups in total. The average Bonchev–Trinajstić information content (AvgIpc) is 2.53. The van der Waals surface area contributed by atoms with E-state index in [2.05, 4.69) is 15.4 Å². The van der Waals surface area contributed by atoms with Crippen LogP contribution in [0.1, 0.15) is 0 Å². The van der Waals surface area contributed by atoms with Crippen molar-refractivity contribution in [3.8, 4) is 0 Å². The summed E-state index contributed by atoms with van der Waals surface area (Å²) in [6, 6.07) is 0. The topological polar surface area (TPSA) is 41.7 Å². The third kappa shape index (κ3) is 0.0877. The van der Waals surface area contributed by atoms with Gasteiger partial charge in [0.2, 0.25) is 0 Å². The zero-order valence-corrected chi connectivity index (χ0v) is 3.29. The Kier molecular flexibility index (Phi) is 0.115. The van der Waals surface area contributed by atoms with Crippen molar-refractivity contribution in [3.63, 3.8) is 0 Å². The molecule has 0 atom stereocenters. The van der Waals surface area contributed by atoms with E-state index in [-0.39, 0.29) is 0 Å². The van der Waals surface area contributed by atoms with Gasteiger partial charge in [0, 0.05) is 0 Å². The minimum atomic E-state index is 1.02. The molecule has 7 heavy (non-hydrogen) atoms. The van der Waals surface area contributed by atoms with Crippen LogP contribution in [0, 0.1) is 0 Å². The molecule has 1 aromatic rings. The van der Waals surface area contributed by atoms with Gasteiger partial charge in [-0.1, -0.05) is 0 Å². The van der Waals surface area contributed by atoms with Crippen molar-refractivity contribution in [2.75, 3.05) is 4.90 Å². The Balaban J connectivity index is 2.69. The maximum atomic E-state index is 3.68. The average molecular weight is 92.1 g/mol. The van der Waals surface area contributed by atoms with Crippen molar-refractivity contribution in [1.29, 1.82) is 0 Å². The molecule has 4 nitrogen and oxygen atoms in total. The number of anilines is 3. The van der Waals surface area contributed by atoms with Crippen LogP contribution in [-0.2, 0) is 0 Å². The molecule has 0 aromatic carbocycles. The van der Waals surface area contributed by atoms with Gasteiger partial charge >= 0.3 is 0 Å². The molecule has 0 spiro atoms. The molecule has 32 valence electrons. The van der Waals surface area contributed by atoms with E-state index in [9.17, 15) is 0 Å². The zero-order chi connectivity index (χ0) is 4.43. The zero-order valence-electron chi connectivity index (χ0n) is 3.29. The van der Waals surface area contributed by atoms with E-state index in [4.69, 9.17) is 0 Å². The maximum absolute atomic E-state index is 3.68. The normalized spacial score (nSPS) is 16.3. The van der Waals surface area contributed by atoms with Crippen molar-refractivity contribution in [3.05, 3.63) is 0 Å². The molecule has 1 aromatic heterocycles. The number of fused-ring (bicyclic) bond motifs is 2. The van der Waals surface area contributed by atoms with Crippen LogP contribution in [0.4, 0.5) is 17.3 Å². The summed E-state index contributed by atoms with van der Waals surface area (Å²) < 4.78 is 0. The number of hydrogen-bond donors (Lipinski definition) is 0.